The fraction of sp³-hybridized carbons (Fsp3) is 0.500. The summed E-state index contributed by atoms with van der Waals surface area (Å²) in [6.07, 6.45) is 1.36. The maximum atomic E-state index is 12.3. The lowest BCUT2D eigenvalue weighted by molar-refractivity contribution is -0.144. The van der Waals surface area contributed by atoms with E-state index in [2.05, 4.69) is 13.0 Å². The fourth-order valence-corrected chi connectivity index (χ4v) is 2.61. The van der Waals surface area contributed by atoms with E-state index in [0.717, 1.165) is 18.7 Å². The van der Waals surface area contributed by atoms with E-state index in [1.165, 1.54) is 5.56 Å². The zero-order chi connectivity index (χ0) is 14.5. The predicted molar refractivity (Wildman–Crippen MR) is 77.5 cm³/mol. The smallest absolute Gasteiger partial charge is 0.306 e. The second-order valence-corrected chi connectivity index (χ2v) is 5.25. The largest absolute Gasteiger partial charge is 0.466 e. The molecule has 0 saturated carbocycles. The van der Waals surface area contributed by atoms with Crippen LogP contribution in [-0.2, 0) is 20.7 Å². The van der Waals surface area contributed by atoms with Gasteiger partial charge in [0.1, 0.15) is 0 Å². The summed E-state index contributed by atoms with van der Waals surface area (Å²) < 4.78 is 4.86. The molecule has 2 rings (SSSR count). The minimum absolute atomic E-state index is 0.00273. The molecule has 4 nitrogen and oxygen atoms in total. The molecule has 4 heteroatoms. The van der Waals surface area contributed by atoms with Crippen molar-refractivity contribution in [3.8, 4) is 0 Å². The van der Waals surface area contributed by atoms with Crippen LogP contribution in [0.4, 0.5) is 5.69 Å². The molecule has 1 aromatic carbocycles. The van der Waals surface area contributed by atoms with Crippen LogP contribution in [-0.4, -0.2) is 25.0 Å². The number of nitrogens with zero attached hydrogens (tertiary/aromatic N) is 1. The first-order chi connectivity index (χ1) is 9.61. The van der Waals surface area contributed by atoms with Gasteiger partial charge in [-0.3, -0.25) is 9.59 Å². The quantitative estimate of drug-likeness (QED) is 0.793. The molecule has 0 radical (unpaired) electrons. The van der Waals surface area contributed by atoms with Crippen molar-refractivity contribution in [3.05, 3.63) is 29.8 Å². The monoisotopic (exact) mass is 275 g/mol. The van der Waals surface area contributed by atoms with E-state index < -0.39 is 0 Å². The Morgan fingerprint density at radius 2 is 2.05 bits per heavy atom. The summed E-state index contributed by atoms with van der Waals surface area (Å²) in [5.74, 6) is 0.132. The Hall–Kier alpha value is -1.84. The number of fused-ring (bicyclic) bond motifs is 1. The lowest BCUT2D eigenvalue weighted by Gasteiger charge is -2.33. The van der Waals surface area contributed by atoms with Gasteiger partial charge in [-0.15, -0.1) is 0 Å². The number of benzene rings is 1. The van der Waals surface area contributed by atoms with Crippen molar-refractivity contribution in [2.24, 2.45) is 5.92 Å². The van der Waals surface area contributed by atoms with Gasteiger partial charge in [-0.1, -0.05) is 25.1 Å². The van der Waals surface area contributed by atoms with Crippen LogP contribution in [0.5, 0.6) is 0 Å². The minimum Gasteiger partial charge on any atom is -0.466 e. The number of rotatable bonds is 4. The molecule has 0 aliphatic carbocycles. The second kappa shape index (κ2) is 6.55. The Labute approximate surface area is 119 Å². The number of carbonyl (C=O) groups is 2. The van der Waals surface area contributed by atoms with Gasteiger partial charge in [-0.25, -0.2) is 0 Å². The number of esters is 1. The highest BCUT2D eigenvalue weighted by Gasteiger charge is 2.26. The highest BCUT2D eigenvalue weighted by molar-refractivity contribution is 5.96. The lowest BCUT2D eigenvalue weighted by atomic mass is 9.93. The molecule has 1 atom stereocenters. The summed E-state index contributed by atoms with van der Waals surface area (Å²) in [5.41, 5.74) is 2.19. The van der Waals surface area contributed by atoms with Gasteiger partial charge >= 0.3 is 5.97 Å². The predicted octanol–water partition coefficient (Wildman–Crippen LogP) is 2.56. The summed E-state index contributed by atoms with van der Waals surface area (Å²) >= 11 is 0. The summed E-state index contributed by atoms with van der Waals surface area (Å²) in [6, 6.07) is 7.98. The van der Waals surface area contributed by atoms with E-state index >= 15 is 0 Å². The van der Waals surface area contributed by atoms with E-state index in [4.69, 9.17) is 4.74 Å². The number of hydrogen-bond acceptors (Lipinski definition) is 3. The molecular formula is C16H21NO3. The number of para-hydroxylation sites is 1. The van der Waals surface area contributed by atoms with Crippen LogP contribution < -0.4 is 4.90 Å². The van der Waals surface area contributed by atoms with Crippen molar-refractivity contribution in [2.75, 3.05) is 18.1 Å². The molecule has 108 valence electrons. The molecule has 1 aliphatic rings. The van der Waals surface area contributed by atoms with Crippen LogP contribution in [0.1, 0.15) is 32.3 Å². The first-order valence-corrected chi connectivity index (χ1v) is 7.15. The number of amides is 1. The van der Waals surface area contributed by atoms with Crippen molar-refractivity contribution in [2.45, 2.75) is 33.1 Å². The molecule has 0 fully saturated rings. The van der Waals surface area contributed by atoms with Gasteiger partial charge in [0.05, 0.1) is 13.0 Å². The SMILES string of the molecule is CCOC(=O)CCC(=O)N1CC(C)Cc2ccccc21. The van der Waals surface area contributed by atoms with Gasteiger partial charge in [0.15, 0.2) is 0 Å². The Kier molecular flexibility index (Phi) is 4.77. The van der Waals surface area contributed by atoms with Crippen LogP contribution in [0.25, 0.3) is 0 Å². The van der Waals surface area contributed by atoms with E-state index in [9.17, 15) is 9.59 Å². The number of anilines is 1. The molecule has 0 bridgehead atoms. The standard InChI is InChI=1S/C16H21NO3/c1-3-20-16(19)9-8-15(18)17-11-12(2)10-13-6-4-5-7-14(13)17/h4-7,12H,3,8-11H2,1-2H3. The molecular weight excluding hydrogens is 254 g/mol. The fourth-order valence-electron chi connectivity index (χ4n) is 2.61. The number of carbonyl (C=O) groups excluding carboxylic acids is 2. The maximum absolute atomic E-state index is 12.3. The molecule has 1 aliphatic heterocycles. The van der Waals surface area contributed by atoms with Crippen LogP contribution in [0.15, 0.2) is 24.3 Å². The molecule has 1 amide bonds. The zero-order valence-electron chi connectivity index (χ0n) is 12.1. The molecule has 1 unspecified atom stereocenters. The lowest BCUT2D eigenvalue weighted by Crippen LogP contribution is -2.39. The average Bonchev–Trinajstić information content (AvgIpc) is 2.44. The summed E-state index contributed by atoms with van der Waals surface area (Å²) in [7, 11) is 0. The highest BCUT2D eigenvalue weighted by Crippen LogP contribution is 2.29. The van der Waals surface area contributed by atoms with Crippen molar-refractivity contribution in [1.82, 2.24) is 0 Å². The van der Waals surface area contributed by atoms with Gasteiger partial charge < -0.3 is 9.64 Å². The topological polar surface area (TPSA) is 46.6 Å². The van der Waals surface area contributed by atoms with Crippen molar-refractivity contribution in [1.29, 1.82) is 0 Å². The van der Waals surface area contributed by atoms with Gasteiger partial charge in [0.2, 0.25) is 5.91 Å². The van der Waals surface area contributed by atoms with Gasteiger partial charge in [-0.05, 0) is 30.9 Å². The van der Waals surface area contributed by atoms with Crippen molar-refractivity contribution >= 4 is 17.6 Å². The molecule has 1 aromatic rings. The Bertz CT molecular complexity index is 498. The second-order valence-electron chi connectivity index (χ2n) is 5.25. The van der Waals surface area contributed by atoms with Gasteiger partial charge in [0, 0.05) is 18.7 Å². The van der Waals surface area contributed by atoms with Crippen molar-refractivity contribution < 1.29 is 14.3 Å². The van der Waals surface area contributed by atoms with E-state index in [1.54, 1.807) is 6.92 Å². The molecule has 0 aromatic heterocycles. The summed E-state index contributed by atoms with van der Waals surface area (Å²) in [5, 5.41) is 0. The Morgan fingerprint density at radius 3 is 2.80 bits per heavy atom. The van der Waals surface area contributed by atoms with Crippen LogP contribution >= 0.6 is 0 Å². The van der Waals surface area contributed by atoms with E-state index in [0.29, 0.717) is 12.5 Å². The third-order valence-corrected chi connectivity index (χ3v) is 3.49. The molecule has 0 spiro atoms. The normalized spacial score (nSPS) is 17.5. The van der Waals surface area contributed by atoms with E-state index in [1.807, 2.05) is 23.1 Å². The third kappa shape index (κ3) is 3.38. The highest BCUT2D eigenvalue weighted by atomic mass is 16.5. The maximum Gasteiger partial charge on any atom is 0.306 e. The molecule has 0 saturated heterocycles. The van der Waals surface area contributed by atoms with Gasteiger partial charge in [0.25, 0.3) is 0 Å². The number of ether oxygens (including phenoxy) is 1. The molecule has 0 N–H and O–H groups in total. The Morgan fingerprint density at radius 1 is 1.30 bits per heavy atom. The van der Waals surface area contributed by atoms with Crippen LogP contribution in [0, 0.1) is 5.92 Å². The molecule has 1 heterocycles. The third-order valence-electron chi connectivity index (χ3n) is 3.49. The zero-order valence-corrected chi connectivity index (χ0v) is 12.1. The first kappa shape index (κ1) is 14.6. The molecule has 20 heavy (non-hydrogen) atoms. The van der Waals surface area contributed by atoms with Crippen LogP contribution in [0.2, 0.25) is 0 Å². The minimum atomic E-state index is -0.306. The average molecular weight is 275 g/mol. The van der Waals surface area contributed by atoms with Gasteiger partial charge in [-0.2, -0.15) is 0 Å². The van der Waals surface area contributed by atoms with Crippen molar-refractivity contribution in [3.63, 3.8) is 0 Å². The summed E-state index contributed by atoms with van der Waals surface area (Å²) in [6.45, 7) is 4.99. The number of hydrogen-bond donors (Lipinski definition) is 0. The first-order valence-electron chi connectivity index (χ1n) is 7.15. The Balaban J connectivity index is 2.05. The van der Waals surface area contributed by atoms with Crippen LogP contribution in [0.3, 0.4) is 0 Å². The van der Waals surface area contributed by atoms with E-state index in [-0.39, 0.29) is 24.7 Å². The summed E-state index contributed by atoms with van der Waals surface area (Å²) in [4.78, 5) is 25.5.